The summed E-state index contributed by atoms with van der Waals surface area (Å²) in [5, 5.41) is -0.0465. The van der Waals surface area contributed by atoms with Crippen LogP contribution in [0.3, 0.4) is 0 Å². The van der Waals surface area contributed by atoms with Crippen LogP contribution in [0.2, 0.25) is 0 Å². The van der Waals surface area contributed by atoms with Crippen LogP contribution in [0, 0.1) is 0 Å². The van der Waals surface area contributed by atoms with Crippen molar-refractivity contribution in [2.24, 2.45) is 5.73 Å². The van der Waals surface area contributed by atoms with Gasteiger partial charge >= 0.3 is 0 Å². The lowest BCUT2D eigenvalue weighted by molar-refractivity contribution is 0.290. The van der Waals surface area contributed by atoms with Crippen LogP contribution in [0.1, 0.15) is 44.8 Å². The summed E-state index contributed by atoms with van der Waals surface area (Å²) in [5.41, 5.74) is 5.05. The molecule has 0 aromatic carbocycles. The smallest absolute Gasteiger partial charge is 0.274 e. The second kappa shape index (κ2) is 5.03. The van der Waals surface area contributed by atoms with E-state index in [1.165, 1.54) is 12.5 Å². The van der Waals surface area contributed by atoms with Crippen molar-refractivity contribution in [1.29, 1.82) is 0 Å². The van der Waals surface area contributed by atoms with Gasteiger partial charge in [-0.05, 0) is 31.9 Å². The summed E-state index contributed by atoms with van der Waals surface area (Å²) < 4.78 is 32.3. The molecule has 0 atom stereocenters. The fourth-order valence-electron chi connectivity index (χ4n) is 2.42. The minimum atomic E-state index is -3.58. The monoisotopic (exact) mass is 272 g/mol. The van der Waals surface area contributed by atoms with Crippen LogP contribution in [0.4, 0.5) is 0 Å². The van der Waals surface area contributed by atoms with Crippen LogP contribution in [0.25, 0.3) is 0 Å². The lowest BCUT2D eigenvalue weighted by Gasteiger charge is -2.33. The first-order valence-corrected chi connectivity index (χ1v) is 7.76. The Bertz CT molecular complexity index is 501. The van der Waals surface area contributed by atoms with Crippen LogP contribution in [0.15, 0.2) is 21.6 Å². The summed E-state index contributed by atoms with van der Waals surface area (Å²) in [6, 6.07) is 3.05. The van der Waals surface area contributed by atoms with E-state index in [1.54, 1.807) is 6.07 Å². The Kier molecular flexibility index (Phi) is 3.79. The number of hydrogen-bond acceptors (Lipinski definition) is 4. The maximum Gasteiger partial charge on any atom is 0.274 e. The van der Waals surface area contributed by atoms with Crippen LogP contribution < -0.4 is 10.5 Å². The summed E-state index contributed by atoms with van der Waals surface area (Å²) >= 11 is 0. The highest BCUT2D eigenvalue weighted by molar-refractivity contribution is 7.89. The van der Waals surface area contributed by atoms with Gasteiger partial charge in [0, 0.05) is 5.54 Å². The van der Waals surface area contributed by atoms with Crippen molar-refractivity contribution in [1.82, 2.24) is 4.72 Å². The molecule has 5 nitrogen and oxygen atoms in total. The van der Waals surface area contributed by atoms with Gasteiger partial charge in [0.15, 0.2) is 0 Å². The van der Waals surface area contributed by atoms with E-state index in [1.807, 2.05) is 6.92 Å². The minimum absolute atomic E-state index is 0.0465. The van der Waals surface area contributed by atoms with E-state index in [4.69, 9.17) is 10.2 Å². The van der Waals surface area contributed by atoms with Gasteiger partial charge in [0.05, 0.1) is 6.54 Å². The van der Waals surface area contributed by atoms with E-state index in [2.05, 4.69) is 4.72 Å². The Morgan fingerprint density at radius 3 is 2.56 bits per heavy atom. The SMILES string of the molecule is CC1(NS(=O)(=O)c2ccc(CN)o2)CCCCC1. The molecular weight excluding hydrogens is 252 g/mol. The topological polar surface area (TPSA) is 85.3 Å². The van der Waals surface area contributed by atoms with Crippen molar-refractivity contribution < 1.29 is 12.8 Å². The number of furan rings is 1. The third kappa shape index (κ3) is 2.93. The van der Waals surface area contributed by atoms with Gasteiger partial charge in [-0.1, -0.05) is 19.3 Å². The maximum atomic E-state index is 12.2. The first-order chi connectivity index (χ1) is 8.45. The molecule has 102 valence electrons. The van der Waals surface area contributed by atoms with Crippen molar-refractivity contribution in [3.05, 3.63) is 17.9 Å². The zero-order chi connectivity index (χ0) is 13.2. The molecule has 18 heavy (non-hydrogen) atoms. The zero-order valence-corrected chi connectivity index (χ0v) is 11.4. The number of sulfonamides is 1. The third-order valence-electron chi connectivity index (χ3n) is 3.44. The van der Waals surface area contributed by atoms with E-state index in [0.717, 1.165) is 25.7 Å². The van der Waals surface area contributed by atoms with Gasteiger partial charge in [0.25, 0.3) is 10.0 Å². The molecule has 0 amide bonds. The quantitative estimate of drug-likeness (QED) is 0.874. The molecule has 1 aromatic heterocycles. The average Bonchev–Trinajstić information content (AvgIpc) is 2.77. The van der Waals surface area contributed by atoms with Gasteiger partial charge in [-0.25, -0.2) is 13.1 Å². The molecule has 0 radical (unpaired) electrons. The number of nitrogens with one attached hydrogen (secondary N) is 1. The predicted octanol–water partition coefficient (Wildman–Crippen LogP) is 1.74. The third-order valence-corrected chi connectivity index (χ3v) is 4.95. The minimum Gasteiger partial charge on any atom is -0.447 e. The molecule has 6 heteroatoms. The standard InChI is InChI=1S/C12H20N2O3S/c1-12(7-3-2-4-8-12)14-18(15,16)11-6-5-10(9-13)17-11/h5-6,14H,2-4,7-9,13H2,1H3. The fraction of sp³-hybridized carbons (Fsp3) is 0.667. The number of rotatable bonds is 4. The second-order valence-corrected chi connectivity index (χ2v) is 6.77. The van der Waals surface area contributed by atoms with E-state index < -0.39 is 10.0 Å². The van der Waals surface area contributed by atoms with Crippen molar-refractivity contribution in [3.8, 4) is 0 Å². The highest BCUT2D eigenvalue weighted by atomic mass is 32.2. The first-order valence-electron chi connectivity index (χ1n) is 6.28. The average molecular weight is 272 g/mol. The molecular formula is C12H20N2O3S. The molecule has 2 rings (SSSR count). The van der Waals surface area contributed by atoms with Gasteiger partial charge in [-0.2, -0.15) is 0 Å². The Balaban J connectivity index is 2.16. The van der Waals surface area contributed by atoms with E-state index in [-0.39, 0.29) is 17.2 Å². The molecule has 0 saturated heterocycles. The molecule has 0 spiro atoms. The predicted molar refractivity (Wildman–Crippen MR) is 68.4 cm³/mol. The lowest BCUT2D eigenvalue weighted by Crippen LogP contribution is -2.46. The molecule has 1 heterocycles. The van der Waals surface area contributed by atoms with Crippen LogP contribution >= 0.6 is 0 Å². The van der Waals surface area contributed by atoms with Gasteiger partial charge in [-0.15, -0.1) is 0 Å². The van der Waals surface area contributed by atoms with Gasteiger partial charge < -0.3 is 10.2 Å². The Morgan fingerprint density at radius 1 is 1.33 bits per heavy atom. The Labute approximate surface area is 108 Å². The highest BCUT2D eigenvalue weighted by Gasteiger charge is 2.33. The Morgan fingerprint density at radius 2 is 2.00 bits per heavy atom. The summed E-state index contributed by atoms with van der Waals surface area (Å²) in [5.74, 6) is 0.476. The number of hydrogen-bond donors (Lipinski definition) is 2. The Hall–Kier alpha value is -0.850. The van der Waals surface area contributed by atoms with Crippen LogP contribution in [-0.4, -0.2) is 14.0 Å². The zero-order valence-electron chi connectivity index (χ0n) is 10.6. The van der Waals surface area contributed by atoms with Gasteiger partial charge in [-0.3, -0.25) is 0 Å². The van der Waals surface area contributed by atoms with Crippen molar-refractivity contribution in [2.75, 3.05) is 0 Å². The fourth-order valence-corrected chi connectivity index (χ4v) is 3.84. The molecule has 1 aliphatic rings. The molecule has 0 aliphatic heterocycles. The normalized spacial score (nSPS) is 19.9. The summed E-state index contributed by atoms with van der Waals surface area (Å²) in [4.78, 5) is 0. The van der Waals surface area contributed by atoms with E-state index >= 15 is 0 Å². The second-order valence-electron chi connectivity index (χ2n) is 5.15. The molecule has 1 aromatic rings. The van der Waals surface area contributed by atoms with Crippen molar-refractivity contribution >= 4 is 10.0 Å². The van der Waals surface area contributed by atoms with E-state index in [0.29, 0.717) is 5.76 Å². The molecule has 1 saturated carbocycles. The first kappa shape index (κ1) is 13.6. The maximum absolute atomic E-state index is 12.2. The number of nitrogens with two attached hydrogens (primary N) is 1. The summed E-state index contributed by atoms with van der Waals surface area (Å²) in [6.45, 7) is 2.16. The molecule has 1 fully saturated rings. The van der Waals surface area contributed by atoms with Crippen LogP contribution in [0.5, 0.6) is 0 Å². The van der Waals surface area contributed by atoms with Crippen LogP contribution in [-0.2, 0) is 16.6 Å². The largest absolute Gasteiger partial charge is 0.447 e. The van der Waals surface area contributed by atoms with Crippen molar-refractivity contribution in [3.63, 3.8) is 0 Å². The van der Waals surface area contributed by atoms with Gasteiger partial charge in [0.1, 0.15) is 5.76 Å². The van der Waals surface area contributed by atoms with E-state index in [9.17, 15) is 8.42 Å². The van der Waals surface area contributed by atoms with Crippen molar-refractivity contribution in [2.45, 2.75) is 56.2 Å². The molecule has 0 unspecified atom stereocenters. The summed E-state index contributed by atoms with van der Waals surface area (Å²) in [6.07, 6.45) is 5.04. The highest BCUT2D eigenvalue weighted by Crippen LogP contribution is 2.29. The van der Waals surface area contributed by atoms with Gasteiger partial charge in [0.2, 0.25) is 5.09 Å². The summed E-state index contributed by atoms with van der Waals surface area (Å²) in [7, 11) is -3.58. The molecule has 0 bridgehead atoms. The molecule has 3 N–H and O–H groups in total. The molecule has 1 aliphatic carbocycles. The lowest BCUT2D eigenvalue weighted by atomic mass is 9.84.